The maximum absolute atomic E-state index is 12.6. The number of methoxy groups -OCH3 is 2. The fourth-order valence-corrected chi connectivity index (χ4v) is 2.33. The molecule has 0 unspecified atom stereocenters. The molecule has 0 spiro atoms. The van der Waals surface area contributed by atoms with Gasteiger partial charge in [-0.3, -0.25) is 9.36 Å². The van der Waals surface area contributed by atoms with E-state index >= 15 is 0 Å². The smallest absolute Gasteiger partial charge is 0.281 e. The van der Waals surface area contributed by atoms with Crippen LogP contribution in [-0.4, -0.2) is 23.9 Å². The Hall–Kier alpha value is -3.60. The van der Waals surface area contributed by atoms with Crippen LogP contribution in [0, 0.1) is 18.3 Å². The fraction of sp³-hybridized carbons (Fsp3) is 0.222. The van der Waals surface area contributed by atoms with Gasteiger partial charge in [0.2, 0.25) is 5.88 Å². The Morgan fingerprint density at radius 3 is 2.65 bits per heavy atom. The number of aromatic hydroxyl groups is 1. The van der Waals surface area contributed by atoms with Gasteiger partial charge in [-0.1, -0.05) is 6.08 Å². The second-order valence-electron chi connectivity index (χ2n) is 5.23. The Morgan fingerprint density at radius 1 is 1.35 bits per heavy atom. The van der Waals surface area contributed by atoms with E-state index in [9.17, 15) is 15.2 Å². The molecule has 1 N–H and O–H groups in total. The lowest BCUT2D eigenvalue weighted by atomic mass is 10.1. The predicted molar refractivity (Wildman–Crippen MR) is 95.7 cm³/mol. The van der Waals surface area contributed by atoms with Crippen molar-refractivity contribution in [1.82, 2.24) is 4.57 Å². The standard InChI is InChI=1S/C18H18N4O4/c1-5-8-22-17(23)13(10-19)11(2)16(18(22)24)21-20-14-7-6-12(25-3)9-15(14)26-4/h5-7,9,23H,1,8H2,2-4H3. The molecule has 2 rings (SSSR count). The van der Waals surface area contributed by atoms with Gasteiger partial charge in [-0.2, -0.15) is 5.26 Å². The first kappa shape index (κ1) is 18.7. The minimum Gasteiger partial charge on any atom is -0.497 e. The highest BCUT2D eigenvalue weighted by atomic mass is 16.5. The Kier molecular flexibility index (Phi) is 5.75. The first-order chi connectivity index (χ1) is 12.5. The predicted octanol–water partition coefficient (Wildman–Crippen LogP) is 3.35. The van der Waals surface area contributed by atoms with Crippen molar-refractivity contribution in [2.75, 3.05) is 14.2 Å². The van der Waals surface area contributed by atoms with E-state index in [0.717, 1.165) is 4.57 Å². The maximum Gasteiger partial charge on any atom is 0.281 e. The number of ether oxygens (including phenoxy) is 2. The van der Waals surface area contributed by atoms with Crippen LogP contribution in [0.2, 0.25) is 0 Å². The number of pyridine rings is 1. The van der Waals surface area contributed by atoms with Crippen molar-refractivity contribution in [1.29, 1.82) is 5.26 Å². The molecule has 0 aliphatic heterocycles. The molecule has 0 aliphatic carbocycles. The Morgan fingerprint density at radius 2 is 2.08 bits per heavy atom. The highest BCUT2D eigenvalue weighted by Gasteiger charge is 2.18. The number of allylic oxidation sites excluding steroid dienone is 1. The molecule has 0 saturated carbocycles. The van der Waals surface area contributed by atoms with Gasteiger partial charge in [0.25, 0.3) is 5.56 Å². The van der Waals surface area contributed by atoms with Crippen molar-refractivity contribution in [2.45, 2.75) is 13.5 Å². The van der Waals surface area contributed by atoms with Gasteiger partial charge in [0, 0.05) is 18.2 Å². The normalized spacial score (nSPS) is 10.5. The van der Waals surface area contributed by atoms with E-state index in [0.29, 0.717) is 17.2 Å². The van der Waals surface area contributed by atoms with Gasteiger partial charge >= 0.3 is 0 Å². The topological polar surface area (TPSA) is 109 Å². The number of nitrogens with zero attached hydrogens (tertiary/aromatic N) is 4. The molecule has 1 aromatic heterocycles. The summed E-state index contributed by atoms with van der Waals surface area (Å²) >= 11 is 0. The van der Waals surface area contributed by atoms with Crippen molar-refractivity contribution >= 4 is 11.4 Å². The van der Waals surface area contributed by atoms with Crippen LogP contribution < -0.4 is 15.0 Å². The SMILES string of the molecule is C=CCn1c(O)c(C#N)c(C)c(N=Nc2ccc(OC)cc2OC)c1=O. The Bertz CT molecular complexity index is 971. The minimum atomic E-state index is -0.574. The average molecular weight is 354 g/mol. The summed E-state index contributed by atoms with van der Waals surface area (Å²) in [7, 11) is 3.01. The first-order valence-corrected chi connectivity index (χ1v) is 7.59. The summed E-state index contributed by atoms with van der Waals surface area (Å²) in [6, 6.07) is 6.82. The first-order valence-electron chi connectivity index (χ1n) is 7.59. The molecule has 0 saturated heterocycles. The summed E-state index contributed by atoms with van der Waals surface area (Å²) in [5, 5.41) is 27.5. The van der Waals surface area contributed by atoms with Gasteiger partial charge in [-0.25, -0.2) is 0 Å². The summed E-state index contributed by atoms with van der Waals surface area (Å²) in [6.07, 6.45) is 1.44. The van der Waals surface area contributed by atoms with Gasteiger partial charge in [0.1, 0.15) is 28.8 Å². The Labute approximate surface area is 150 Å². The molecule has 0 bridgehead atoms. The highest BCUT2D eigenvalue weighted by Crippen LogP contribution is 2.33. The molecule has 0 fully saturated rings. The van der Waals surface area contributed by atoms with Crippen molar-refractivity contribution in [3.63, 3.8) is 0 Å². The van der Waals surface area contributed by atoms with Crippen molar-refractivity contribution in [3.05, 3.63) is 52.3 Å². The highest BCUT2D eigenvalue weighted by molar-refractivity contribution is 5.58. The van der Waals surface area contributed by atoms with Crippen LogP contribution in [-0.2, 0) is 6.54 Å². The van der Waals surface area contributed by atoms with Crippen LogP contribution in [0.1, 0.15) is 11.1 Å². The lowest BCUT2D eigenvalue weighted by Crippen LogP contribution is -2.21. The second kappa shape index (κ2) is 7.98. The van der Waals surface area contributed by atoms with Gasteiger partial charge in [-0.15, -0.1) is 16.8 Å². The van der Waals surface area contributed by atoms with Crippen LogP contribution >= 0.6 is 0 Å². The number of aromatic nitrogens is 1. The van der Waals surface area contributed by atoms with E-state index in [-0.39, 0.29) is 23.4 Å². The lowest BCUT2D eigenvalue weighted by Gasteiger charge is -2.11. The van der Waals surface area contributed by atoms with E-state index in [2.05, 4.69) is 16.8 Å². The zero-order valence-corrected chi connectivity index (χ0v) is 14.7. The zero-order chi connectivity index (χ0) is 19.3. The molecule has 0 aliphatic rings. The van der Waals surface area contributed by atoms with Gasteiger partial charge in [0.05, 0.1) is 14.2 Å². The number of hydrogen-bond donors (Lipinski definition) is 1. The van der Waals surface area contributed by atoms with E-state index < -0.39 is 11.4 Å². The molecule has 1 heterocycles. The molecule has 26 heavy (non-hydrogen) atoms. The van der Waals surface area contributed by atoms with E-state index in [1.807, 2.05) is 6.07 Å². The molecule has 0 radical (unpaired) electrons. The summed E-state index contributed by atoms with van der Waals surface area (Å²) in [5.41, 5.74) is -0.0308. The van der Waals surface area contributed by atoms with Crippen molar-refractivity contribution < 1.29 is 14.6 Å². The third-order valence-corrected chi connectivity index (χ3v) is 3.73. The Balaban J connectivity index is 2.62. The molecule has 0 amide bonds. The molecular formula is C18H18N4O4. The largest absolute Gasteiger partial charge is 0.497 e. The average Bonchev–Trinajstić information content (AvgIpc) is 2.65. The quantitative estimate of drug-likeness (QED) is 0.632. The van der Waals surface area contributed by atoms with Crippen LogP contribution in [0.3, 0.4) is 0 Å². The third-order valence-electron chi connectivity index (χ3n) is 3.73. The summed E-state index contributed by atoms with van der Waals surface area (Å²) in [5.74, 6) is 0.578. The van der Waals surface area contributed by atoms with Crippen LogP contribution in [0.5, 0.6) is 17.4 Å². The molecule has 8 heteroatoms. The number of hydrogen-bond acceptors (Lipinski definition) is 7. The number of nitriles is 1. The van der Waals surface area contributed by atoms with Gasteiger partial charge < -0.3 is 14.6 Å². The molecule has 1 aromatic carbocycles. The number of azo groups is 1. The molecule has 0 atom stereocenters. The van der Waals surface area contributed by atoms with Crippen LogP contribution in [0.25, 0.3) is 0 Å². The molecule has 8 nitrogen and oxygen atoms in total. The fourth-order valence-electron chi connectivity index (χ4n) is 2.33. The second-order valence-corrected chi connectivity index (χ2v) is 5.23. The molecule has 2 aromatic rings. The lowest BCUT2D eigenvalue weighted by molar-refractivity contribution is 0.395. The summed E-state index contributed by atoms with van der Waals surface area (Å²) in [6.45, 7) is 5.10. The van der Waals surface area contributed by atoms with E-state index in [1.165, 1.54) is 27.2 Å². The van der Waals surface area contributed by atoms with E-state index in [4.69, 9.17) is 9.47 Å². The maximum atomic E-state index is 12.6. The van der Waals surface area contributed by atoms with Crippen LogP contribution in [0.4, 0.5) is 11.4 Å². The molecular weight excluding hydrogens is 336 g/mol. The number of benzene rings is 1. The zero-order valence-electron chi connectivity index (χ0n) is 14.7. The van der Waals surface area contributed by atoms with Gasteiger partial charge in [-0.05, 0) is 19.1 Å². The summed E-state index contributed by atoms with van der Waals surface area (Å²) in [4.78, 5) is 12.6. The minimum absolute atomic E-state index is 0.0357. The van der Waals surface area contributed by atoms with Crippen molar-refractivity contribution in [2.24, 2.45) is 10.2 Å². The van der Waals surface area contributed by atoms with Crippen molar-refractivity contribution in [3.8, 4) is 23.4 Å². The van der Waals surface area contributed by atoms with Crippen LogP contribution in [0.15, 0.2) is 45.9 Å². The van der Waals surface area contributed by atoms with Gasteiger partial charge in [0.15, 0.2) is 5.69 Å². The third kappa shape index (κ3) is 3.42. The number of rotatable bonds is 6. The summed E-state index contributed by atoms with van der Waals surface area (Å²) < 4.78 is 11.4. The monoisotopic (exact) mass is 354 g/mol. The van der Waals surface area contributed by atoms with E-state index in [1.54, 1.807) is 18.2 Å². The molecule has 134 valence electrons.